The van der Waals surface area contributed by atoms with Gasteiger partial charge in [-0.25, -0.2) is 0 Å². The van der Waals surface area contributed by atoms with Crippen LogP contribution < -0.4 is 10.6 Å². The van der Waals surface area contributed by atoms with Crippen LogP contribution in [-0.2, 0) is 4.74 Å². The van der Waals surface area contributed by atoms with Crippen LogP contribution in [0.25, 0.3) is 0 Å². The number of guanidine groups is 1. The van der Waals surface area contributed by atoms with Gasteiger partial charge in [0.05, 0.1) is 0 Å². The van der Waals surface area contributed by atoms with Crippen molar-refractivity contribution in [3.8, 4) is 0 Å². The summed E-state index contributed by atoms with van der Waals surface area (Å²) in [7, 11) is 1.81. The van der Waals surface area contributed by atoms with Crippen molar-refractivity contribution in [3.05, 3.63) is 30.3 Å². The van der Waals surface area contributed by atoms with Crippen molar-refractivity contribution < 1.29 is 4.74 Å². The summed E-state index contributed by atoms with van der Waals surface area (Å²) in [5.41, 5.74) is 0. The highest BCUT2D eigenvalue weighted by molar-refractivity contribution is 14.0. The molecule has 0 radical (unpaired) electrons. The summed E-state index contributed by atoms with van der Waals surface area (Å²) in [4.78, 5) is 5.54. The minimum absolute atomic E-state index is 0. The molecule has 0 amide bonds. The number of nitrogens with zero attached hydrogens (tertiary/aromatic N) is 1. The summed E-state index contributed by atoms with van der Waals surface area (Å²) in [6.45, 7) is 3.58. The van der Waals surface area contributed by atoms with Gasteiger partial charge in [0.2, 0.25) is 0 Å². The molecule has 1 aliphatic rings. The van der Waals surface area contributed by atoms with Crippen molar-refractivity contribution >= 4 is 41.7 Å². The molecule has 0 atom stereocenters. The molecule has 6 heteroatoms. The highest BCUT2D eigenvalue weighted by atomic mass is 127. The molecule has 23 heavy (non-hydrogen) atoms. The monoisotopic (exact) mass is 449 g/mol. The molecule has 0 heterocycles. The molecule has 130 valence electrons. The average molecular weight is 449 g/mol. The van der Waals surface area contributed by atoms with E-state index >= 15 is 0 Å². The van der Waals surface area contributed by atoms with Crippen LogP contribution in [0.5, 0.6) is 0 Å². The van der Waals surface area contributed by atoms with E-state index in [9.17, 15) is 0 Å². The van der Waals surface area contributed by atoms with Crippen LogP contribution in [0.1, 0.15) is 19.3 Å². The topological polar surface area (TPSA) is 45.7 Å². The molecule has 0 spiro atoms. The van der Waals surface area contributed by atoms with Gasteiger partial charge in [0, 0.05) is 44.0 Å². The number of aliphatic imine (C=N–C) groups is 1. The number of benzene rings is 1. The van der Waals surface area contributed by atoms with E-state index in [4.69, 9.17) is 4.74 Å². The van der Waals surface area contributed by atoms with E-state index in [1.54, 1.807) is 0 Å². The van der Waals surface area contributed by atoms with E-state index in [1.807, 2.05) is 24.9 Å². The molecule has 0 aliphatic heterocycles. The third-order valence-electron chi connectivity index (χ3n) is 3.44. The largest absolute Gasteiger partial charge is 0.381 e. The second-order valence-electron chi connectivity index (χ2n) is 5.46. The summed E-state index contributed by atoms with van der Waals surface area (Å²) in [5.74, 6) is 2.75. The Balaban J connectivity index is 0.00000264. The van der Waals surface area contributed by atoms with Crippen molar-refractivity contribution in [2.45, 2.75) is 24.2 Å². The lowest BCUT2D eigenvalue weighted by molar-refractivity contribution is 0.123. The summed E-state index contributed by atoms with van der Waals surface area (Å²) in [6.07, 6.45) is 3.73. The van der Waals surface area contributed by atoms with Crippen molar-refractivity contribution in [1.29, 1.82) is 0 Å². The zero-order valence-corrected chi connectivity index (χ0v) is 16.9. The molecular weight excluding hydrogens is 421 g/mol. The average Bonchev–Trinajstić information content (AvgIpc) is 3.38. The highest BCUT2D eigenvalue weighted by Crippen LogP contribution is 2.28. The minimum atomic E-state index is 0. The maximum Gasteiger partial charge on any atom is 0.191 e. The normalized spacial score (nSPS) is 14.2. The second kappa shape index (κ2) is 12.9. The van der Waals surface area contributed by atoms with Gasteiger partial charge in [0.15, 0.2) is 5.96 Å². The molecule has 2 rings (SSSR count). The zero-order chi connectivity index (χ0) is 15.5. The summed E-state index contributed by atoms with van der Waals surface area (Å²) in [6, 6.07) is 10.5. The van der Waals surface area contributed by atoms with Crippen molar-refractivity contribution in [2.24, 2.45) is 10.9 Å². The van der Waals surface area contributed by atoms with Crippen LogP contribution in [0.4, 0.5) is 0 Å². The predicted octanol–water partition coefficient (Wildman–Crippen LogP) is 3.38. The number of rotatable bonds is 10. The molecule has 0 unspecified atom stereocenters. The molecule has 1 aromatic rings. The standard InChI is InChI=1S/C17H27N3OS.HI/c1-18-17(19-10-5-12-21-14-15-8-9-15)20-11-13-22-16-6-3-2-4-7-16;/h2-4,6-7,15H,5,8-14H2,1H3,(H2,18,19,20);1H. The fourth-order valence-corrected chi connectivity index (χ4v) is 2.78. The van der Waals surface area contributed by atoms with E-state index in [2.05, 4.69) is 39.9 Å². The van der Waals surface area contributed by atoms with E-state index in [0.29, 0.717) is 0 Å². The lowest BCUT2D eigenvalue weighted by Crippen LogP contribution is -2.39. The summed E-state index contributed by atoms with van der Waals surface area (Å²) < 4.78 is 5.62. The van der Waals surface area contributed by atoms with Gasteiger partial charge in [-0.1, -0.05) is 18.2 Å². The van der Waals surface area contributed by atoms with Crippen molar-refractivity contribution in [2.75, 3.05) is 39.1 Å². The Kier molecular flexibility index (Phi) is 11.5. The van der Waals surface area contributed by atoms with Crippen LogP contribution in [0.15, 0.2) is 40.2 Å². The number of hydrogen-bond donors (Lipinski definition) is 2. The molecule has 0 aromatic heterocycles. The fourth-order valence-electron chi connectivity index (χ4n) is 1.99. The Bertz CT molecular complexity index is 441. The van der Waals surface area contributed by atoms with Crippen LogP contribution in [0, 0.1) is 5.92 Å². The first-order valence-corrected chi connectivity index (χ1v) is 9.07. The van der Waals surface area contributed by atoms with Gasteiger partial charge >= 0.3 is 0 Å². The molecule has 2 N–H and O–H groups in total. The third-order valence-corrected chi connectivity index (χ3v) is 4.45. The number of hydrogen-bond acceptors (Lipinski definition) is 3. The maximum atomic E-state index is 5.62. The van der Waals surface area contributed by atoms with Crippen molar-refractivity contribution in [1.82, 2.24) is 10.6 Å². The summed E-state index contributed by atoms with van der Waals surface area (Å²) >= 11 is 1.85. The van der Waals surface area contributed by atoms with E-state index in [0.717, 1.165) is 50.4 Å². The van der Waals surface area contributed by atoms with Crippen LogP contribution in [0.3, 0.4) is 0 Å². The first-order chi connectivity index (χ1) is 10.9. The molecule has 1 saturated carbocycles. The number of nitrogens with one attached hydrogen (secondary N) is 2. The van der Waals surface area contributed by atoms with Gasteiger partial charge < -0.3 is 15.4 Å². The van der Waals surface area contributed by atoms with Gasteiger partial charge in [0.1, 0.15) is 0 Å². The van der Waals surface area contributed by atoms with Gasteiger partial charge in [-0.3, -0.25) is 4.99 Å². The number of halogens is 1. The lowest BCUT2D eigenvalue weighted by Gasteiger charge is -2.11. The molecular formula is C17H28IN3OS. The lowest BCUT2D eigenvalue weighted by atomic mass is 10.4. The Morgan fingerprint density at radius 1 is 1.22 bits per heavy atom. The Labute approximate surface area is 161 Å². The van der Waals surface area contributed by atoms with Crippen LogP contribution >= 0.6 is 35.7 Å². The molecule has 1 aliphatic carbocycles. The van der Waals surface area contributed by atoms with Gasteiger partial charge in [-0.05, 0) is 37.3 Å². The highest BCUT2D eigenvalue weighted by Gasteiger charge is 2.20. The Morgan fingerprint density at radius 3 is 2.65 bits per heavy atom. The fraction of sp³-hybridized carbons (Fsp3) is 0.588. The predicted molar refractivity (Wildman–Crippen MR) is 110 cm³/mol. The van der Waals surface area contributed by atoms with E-state index in [1.165, 1.54) is 17.7 Å². The van der Waals surface area contributed by atoms with Gasteiger partial charge in [-0.2, -0.15) is 0 Å². The second-order valence-corrected chi connectivity index (χ2v) is 6.63. The molecule has 4 nitrogen and oxygen atoms in total. The first kappa shape index (κ1) is 20.6. The molecule has 1 aromatic carbocycles. The van der Waals surface area contributed by atoms with Crippen LogP contribution in [0.2, 0.25) is 0 Å². The van der Waals surface area contributed by atoms with Gasteiger partial charge in [-0.15, -0.1) is 35.7 Å². The SMILES string of the molecule is CN=C(NCCCOCC1CC1)NCCSc1ccccc1.I. The number of ether oxygens (including phenoxy) is 1. The van der Waals surface area contributed by atoms with E-state index in [-0.39, 0.29) is 24.0 Å². The smallest absolute Gasteiger partial charge is 0.191 e. The third kappa shape index (κ3) is 10.1. The molecule has 0 bridgehead atoms. The van der Waals surface area contributed by atoms with Crippen LogP contribution in [-0.4, -0.2) is 45.1 Å². The zero-order valence-electron chi connectivity index (χ0n) is 13.8. The Morgan fingerprint density at radius 2 is 1.96 bits per heavy atom. The molecule has 0 saturated heterocycles. The number of thioether (sulfide) groups is 1. The van der Waals surface area contributed by atoms with Crippen molar-refractivity contribution in [3.63, 3.8) is 0 Å². The summed E-state index contributed by atoms with van der Waals surface area (Å²) in [5, 5.41) is 6.66. The van der Waals surface area contributed by atoms with E-state index < -0.39 is 0 Å². The Hall–Kier alpha value is -0.470. The quantitative estimate of drug-likeness (QED) is 0.189. The van der Waals surface area contributed by atoms with Gasteiger partial charge in [0.25, 0.3) is 0 Å². The first-order valence-electron chi connectivity index (χ1n) is 8.08. The maximum absolute atomic E-state index is 5.62. The molecule has 1 fully saturated rings. The minimum Gasteiger partial charge on any atom is -0.381 e.